The summed E-state index contributed by atoms with van der Waals surface area (Å²) < 4.78 is 30.9. The van der Waals surface area contributed by atoms with E-state index in [0.29, 0.717) is 50.7 Å². The summed E-state index contributed by atoms with van der Waals surface area (Å²) in [5, 5.41) is 1.74. The van der Waals surface area contributed by atoms with Gasteiger partial charge in [0.05, 0.1) is 18.9 Å². The summed E-state index contributed by atoms with van der Waals surface area (Å²) in [7, 11) is -3.62. The lowest BCUT2D eigenvalue weighted by Gasteiger charge is -2.40. The second-order valence-electron chi connectivity index (χ2n) is 6.13. The lowest BCUT2D eigenvalue weighted by atomic mass is 9.81. The van der Waals surface area contributed by atoms with Gasteiger partial charge in [-0.2, -0.15) is 0 Å². The summed E-state index contributed by atoms with van der Waals surface area (Å²) in [6.45, 7) is 2.61. The van der Waals surface area contributed by atoms with Gasteiger partial charge in [-0.05, 0) is 30.9 Å². The zero-order valence-electron chi connectivity index (χ0n) is 13.4. The molecule has 7 nitrogen and oxygen atoms in total. The quantitative estimate of drug-likeness (QED) is 0.727. The van der Waals surface area contributed by atoms with E-state index in [0.717, 1.165) is 17.8 Å². The van der Waals surface area contributed by atoms with E-state index in [1.807, 2.05) is 4.90 Å². The fourth-order valence-corrected chi connectivity index (χ4v) is 6.69. The third kappa shape index (κ3) is 2.83. The molecule has 0 atom stereocenters. The molecule has 2 aromatic rings. The van der Waals surface area contributed by atoms with Crippen molar-refractivity contribution in [2.45, 2.75) is 28.3 Å². The molecule has 1 aliphatic heterocycles. The lowest BCUT2D eigenvalue weighted by Crippen LogP contribution is -2.43. The number of hydrogen-bond acceptors (Lipinski definition) is 8. The van der Waals surface area contributed by atoms with Crippen molar-refractivity contribution in [2.24, 2.45) is 0 Å². The van der Waals surface area contributed by atoms with Gasteiger partial charge in [0.15, 0.2) is 0 Å². The molecule has 0 spiro atoms. The van der Waals surface area contributed by atoms with Gasteiger partial charge in [0.2, 0.25) is 19.5 Å². The van der Waals surface area contributed by atoms with Crippen LogP contribution in [0.3, 0.4) is 0 Å². The third-order valence-electron chi connectivity index (χ3n) is 4.80. The number of ether oxygens (including phenoxy) is 1. The van der Waals surface area contributed by atoms with E-state index in [2.05, 4.69) is 15.0 Å². The monoisotopic (exact) mass is 400 g/mol. The van der Waals surface area contributed by atoms with Crippen molar-refractivity contribution in [2.75, 3.05) is 31.2 Å². The molecule has 0 amide bonds. The predicted molar refractivity (Wildman–Crippen MR) is 94.9 cm³/mol. The van der Waals surface area contributed by atoms with Crippen LogP contribution < -0.4 is 4.90 Å². The van der Waals surface area contributed by atoms with Crippen LogP contribution in [0.5, 0.6) is 0 Å². The molecule has 2 aliphatic rings. The Bertz CT molecular complexity index is 863. The first-order valence-corrected chi connectivity index (χ1v) is 10.8. The molecule has 4 rings (SSSR count). The first-order valence-electron chi connectivity index (χ1n) is 8.05. The minimum Gasteiger partial charge on any atom is -0.378 e. The number of aromatic nitrogens is 3. The van der Waals surface area contributed by atoms with Crippen molar-refractivity contribution in [1.82, 2.24) is 15.0 Å². The standard InChI is InChI=1S/C15H17ClN4O3S2/c16-13-18-11(10-12(19-13)20-5-7-23-8-6-20)15(2-1-3-15)25(21,22)14-17-4-9-24-14/h4,9-10H,1-3,5-8H2. The highest BCUT2D eigenvalue weighted by molar-refractivity contribution is 7.94. The van der Waals surface area contributed by atoms with Crippen molar-refractivity contribution >= 4 is 38.6 Å². The van der Waals surface area contributed by atoms with E-state index in [-0.39, 0.29) is 9.62 Å². The van der Waals surface area contributed by atoms with Gasteiger partial charge < -0.3 is 9.64 Å². The molecule has 134 valence electrons. The van der Waals surface area contributed by atoms with Crippen LogP contribution in [0.2, 0.25) is 5.28 Å². The van der Waals surface area contributed by atoms with Gasteiger partial charge in [0, 0.05) is 30.7 Å². The summed E-state index contributed by atoms with van der Waals surface area (Å²) in [5.74, 6) is 0.652. The molecule has 1 saturated carbocycles. The number of hydrogen-bond donors (Lipinski definition) is 0. The molecular formula is C15H17ClN4O3S2. The van der Waals surface area contributed by atoms with Crippen LogP contribution in [0.15, 0.2) is 22.0 Å². The smallest absolute Gasteiger partial charge is 0.224 e. The topological polar surface area (TPSA) is 85.3 Å². The van der Waals surface area contributed by atoms with Gasteiger partial charge in [-0.1, -0.05) is 0 Å². The molecule has 1 aliphatic carbocycles. The first-order chi connectivity index (χ1) is 12.0. The third-order valence-corrected chi connectivity index (χ3v) is 8.69. The highest BCUT2D eigenvalue weighted by Gasteiger charge is 2.53. The van der Waals surface area contributed by atoms with Crippen LogP contribution in [-0.2, 0) is 19.3 Å². The maximum absolute atomic E-state index is 13.2. The van der Waals surface area contributed by atoms with Crippen molar-refractivity contribution < 1.29 is 13.2 Å². The molecule has 2 aromatic heterocycles. The lowest BCUT2D eigenvalue weighted by molar-refractivity contribution is 0.122. The van der Waals surface area contributed by atoms with Gasteiger partial charge in [0.1, 0.15) is 10.6 Å². The van der Waals surface area contributed by atoms with Gasteiger partial charge in [-0.15, -0.1) is 11.3 Å². The van der Waals surface area contributed by atoms with Crippen molar-refractivity contribution in [1.29, 1.82) is 0 Å². The molecule has 0 radical (unpaired) electrons. The summed E-state index contributed by atoms with van der Waals surface area (Å²) in [4.78, 5) is 14.7. The van der Waals surface area contributed by atoms with Crippen LogP contribution in [0.25, 0.3) is 0 Å². The van der Waals surface area contributed by atoms with Gasteiger partial charge in [0.25, 0.3) is 0 Å². The van der Waals surface area contributed by atoms with E-state index in [9.17, 15) is 8.42 Å². The molecule has 0 bridgehead atoms. The number of sulfone groups is 1. The first kappa shape index (κ1) is 17.1. The average molecular weight is 401 g/mol. The molecule has 0 N–H and O–H groups in total. The Hall–Kier alpha value is -1.29. The van der Waals surface area contributed by atoms with Crippen LogP contribution in [0.4, 0.5) is 5.82 Å². The molecule has 25 heavy (non-hydrogen) atoms. The van der Waals surface area contributed by atoms with E-state index in [4.69, 9.17) is 16.3 Å². The van der Waals surface area contributed by atoms with Crippen molar-refractivity contribution in [3.63, 3.8) is 0 Å². The van der Waals surface area contributed by atoms with Crippen LogP contribution in [0, 0.1) is 0 Å². The molecule has 1 saturated heterocycles. The number of anilines is 1. The van der Waals surface area contributed by atoms with E-state index < -0.39 is 14.6 Å². The van der Waals surface area contributed by atoms with Crippen molar-refractivity contribution in [3.8, 4) is 0 Å². The summed E-state index contributed by atoms with van der Waals surface area (Å²) in [6.07, 6.45) is 3.38. The molecule has 10 heteroatoms. The van der Waals surface area contributed by atoms with E-state index >= 15 is 0 Å². The Morgan fingerprint density at radius 2 is 2.00 bits per heavy atom. The Kier molecular flexibility index (Phi) is 4.43. The molecule has 0 aromatic carbocycles. The minimum atomic E-state index is -3.62. The number of thiazole rings is 1. The molecule has 0 unspecified atom stereocenters. The van der Waals surface area contributed by atoms with E-state index in [1.165, 1.54) is 6.20 Å². The Morgan fingerprint density at radius 1 is 1.24 bits per heavy atom. The number of nitrogens with zero attached hydrogens (tertiary/aromatic N) is 4. The number of rotatable bonds is 4. The summed E-state index contributed by atoms with van der Waals surface area (Å²) >= 11 is 7.28. The highest BCUT2D eigenvalue weighted by Crippen LogP contribution is 2.51. The Labute approximate surface area is 154 Å². The highest BCUT2D eigenvalue weighted by atomic mass is 35.5. The summed E-state index contributed by atoms with van der Waals surface area (Å²) in [6, 6.07) is 1.77. The van der Waals surface area contributed by atoms with Crippen molar-refractivity contribution in [3.05, 3.63) is 28.6 Å². The summed E-state index contributed by atoms with van der Waals surface area (Å²) in [5.41, 5.74) is 0.468. The SMILES string of the molecule is O=S(=O)(c1nccs1)C1(c2cc(N3CCOCC3)nc(Cl)n2)CCC1. The minimum absolute atomic E-state index is 0.0691. The second kappa shape index (κ2) is 6.46. The molecule has 3 heterocycles. The number of morpholine rings is 1. The van der Waals surface area contributed by atoms with Gasteiger partial charge >= 0.3 is 0 Å². The zero-order valence-corrected chi connectivity index (χ0v) is 15.8. The fraction of sp³-hybridized carbons (Fsp3) is 0.533. The predicted octanol–water partition coefficient (Wildman–Crippen LogP) is 2.28. The maximum atomic E-state index is 13.2. The van der Waals surface area contributed by atoms with Crippen LogP contribution in [-0.4, -0.2) is 49.7 Å². The Morgan fingerprint density at radius 3 is 2.60 bits per heavy atom. The zero-order chi connectivity index (χ0) is 17.5. The van der Waals surface area contributed by atoms with Crippen LogP contribution >= 0.6 is 22.9 Å². The normalized spacial score (nSPS) is 20.3. The van der Waals surface area contributed by atoms with Crippen LogP contribution in [0.1, 0.15) is 25.0 Å². The molecular weight excluding hydrogens is 384 g/mol. The fourth-order valence-electron chi connectivity index (χ4n) is 3.26. The largest absolute Gasteiger partial charge is 0.378 e. The Balaban J connectivity index is 1.78. The van der Waals surface area contributed by atoms with Gasteiger partial charge in [-0.3, -0.25) is 0 Å². The number of halogens is 1. The maximum Gasteiger partial charge on any atom is 0.224 e. The molecule has 2 fully saturated rings. The average Bonchev–Trinajstić information content (AvgIpc) is 3.09. The second-order valence-corrected chi connectivity index (χ2v) is 9.80. The van der Waals surface area contributed by atoms with E-state index in [1.54, 1.807) is 11.4 Å². The van der Waals surface area contributed by atoms with Gasteiger partial charge in [-0.25, -0.2) is 23.4 Å².